The van der Waals surface area contributed by atoms with Crippen molar-refractivity contribution in [3.8, 4) is 0 Å². The maximum absolute atomic E-state index is 13.4. The average Bonchev–Trinajstić information content (AvgIpc) is 2.35. The smallest absolute Gasteiger partial charge is 0.303 e. The molecule has 0 spiro atoms. The van der Waals surface area contributed by atoms with Crippen LogP contribution in [0.4, 0.5) is 10.1 Å². The molecular weight excluding hydrogens is 283 g/mol. The topological polar surface area (TPSA) is 101 Å². The second kappa shape index (κ2) is 6.78. The van der Waals surface area contributed by atoms with Crippen LogP contribution < -0.4 is 0 Å². The van der Waals surface area contributed by atoms with Gasteiger partial charge in [-0.15, -0.1) is 0 Å². The maximum atomic E-state index is 13.4. The summed E-state index contributed by atoms with van der Waals surface area (Å²) in [5.41, 5.74) is -0.718. The minimum atomic E-state index is -0.997. The zero-order chi connectivity index (χ0) is 16.2. The van der Waals surface area contributed by atoms with E-state index in [1.165, 1.54) is 14.0 Å². The first-order valence-electron chi connectivity index (χ1n) is 6.15. The standard InChI is InChI=1S/C13H15FN2O5/c1-8-6-9(14)7-10(12(8)16(20)21)13(19)15(2)5-3-4-11(17)18/h6-7H,3-5H2,1-2H3,(H,17,18). The molecule has 0 radical (unpaired) electrons. The van der Waals surface area contributed by atoms with Crippen LogP contribution in [-0.2, 0) is 4.79 Å². The maximum Gasteiger partial charge on any atom is 0.303 e. The van der Waals surface area contributed by atoms with Crippen LogP contribution in [0.1, 0.15) is 28.8 Å². The van der Waals surface area contributed by atoms with Crippen molar-refractivity contribution in [3.05, 3.63) is 39.2 Å². The number of hydrogen-bond donors (Lipinski definition) is 1. The fourth-order valence-corrected chi connectivity index (χ4v) is 1.92. The van der Waals surface area contributed by atoms with Gasteiger partial charge >= 0.3 is 5.97 Å². The molecule has 1 aromatic rings. The molecule has 0 unspecified atom stereocenters. The molecule has 1 N–H and O–H groups in total. The number of halogens is 1. The Morgan fingerprint density at radius 1 is 1.43 bits per heavy atom. The second-order valence-corrected chi connectivity index (χ2v) is 4.60. The molecule has 0 saturated heterocycles. The molecule has 7 nitrogen and oxygen atoms in total. The Balaban J connectivity index is 3.01. The SMILES string of the molecule is Cc1cc(F)cc(C(=O)N(C)CCCC(=O)O)c1[N+](=O)[O-]. The van der Waals surface area contributed by atoms with Crippen LogP contribution in [0, 0.1) is 22.9 Å². The Morgan fingerprint density at radius 2 is 2.05 bits per heavy atom. The number of carbonyl (C=O) groups excluding carboxylic acids is 1. The van der Waals surface area contributed by atoms with Gasteiger partial charge in [-0.25, -0.2) is 4.39 Å². The number of benzene rings is 1. The number of hydrogen-bond acceptors (Lipinski definition) is 4. The van der Waals surface area contributed by atoms with Gasteiger partial charge in [0.2, 0.25) is 0 Å². The molecule has 0 saturated carbocycles. The number of carboxylic acids is 1. The molecule has 8 heteroatoms. The molecular formula is C13H15FN2O5. The van der Waals surface area contributed by atoms with Crippen molar-refractivity contribution >= 4 is 17.6 Å². The molecule has 0 aromatic heterocycles. The second-order valence-electron chi connectivity index (χ2n) is 4.60. The molecule has 0 aliphatic carbocycles. The Bertz CT molecular complexity index is 588. The van der Waals surface area contributed by atoms with E-state index in [0.29, 0.717) is 0 Å². The molecule has 114 valence electrons. The molecule has 21 heavy (non-hydrogen) atoms. The van der Waals surface area contributed by atoms with E-state index in [0.717, 1.165) is 17.0 Å². The summed E-state index contributed by atoms with van der Waals surface area (Å²) >= 11 is 0. The molecule has 0 atom stereocenters. The quantitative estimate of drug-likeness (QED) is 0.639. The number of carbonyl (C=O) groups is 2. The minimum absolute atomic E-state index is 0.0577. The van der Waals surface area contributed by atoms with Crippen molar-refractivity contribution in [2.45, 2.75) is 19.8 Å². The summed E-state index contributed by atoms with van der Waals surface area (Å²) < 4.78 is 13.4. The van der Waals surface area contributed by atoms with Crippen LogP contribution in [-0.4, -0.2) is 40.4 Å². The number of nitrogens with zero attached hydrogens (tertiary/aromatic N) is 2. The number of aliphatic carboxylic acids is 1. The van der Waals surface area contributed by atoms with Gasteiger partial charge in [-0.1, -0.05) is 0 Å². The lowest BCUT2D eigenvalue weighted by Gasteiger charge is -2.17. The summed E-state index contributed by atoms with van der Waals surface area (Å²) in [7, 11) is 1.38. The van der Waals surface area contributed by atoms with Gasteiger partial charge in [-0.05, 0) is 25.5 Å². The molecule has 0 aliphatic rings. The van der Waals surface area contributed by atoms with Gasteiger partial charge in [0, 0.05) is 25.6 Å². The third-order valence-electron chi connectivity index (χ3n) is 2.91. The van der Waals surface area contributed by atoms with Gasteiger partial charge < -0.3 is 10.0 Å². The van der Waals surface area contributed by atoms with Gasteiger partial charge in [0.15, 0.2) is 0 Å². The largest absolute Gasteiger partial charge is 0.481 e. The molecule has 0 bridgehead atoms. The Hall–Kier alpha value is -2.51. The van der Waals surface area contributed by atoms with E-state index < -0.39 is 28.3 Å². The lowest BCUT2D eigenvalue weighted by atomic mass is 10.1. The van der Waals surface area contributed by atoms with Crippen LogP contribution in [0.15, 0.2) is 12.1 Å². The van der Waals surface area contributed by atoms with Gasteiger partial charge in [0.25, 0.3) is 11.6 Å². The summed E-state index contributed by atoms with van der Waals surface area (Å²) in [6.45, 7) is 1.46. The molecule has 0 aliphatic heterocycles. The normalized spacial score (nSPS) is 10.2. The van der Waals surface area contributed by atoms with Gasteiger partial charge in [-0.3, -0.25) is 19.7 Å². The van der Waals surface area contributed by atoms with Crippen molar-refractivity contribution in [2.24, 2.45) is 0 Å². The molecule has 1 amide bonds. The summed E-state index contributed by atoms with van der Waals surface area (Å²) in [5.74, 6) is -2.45. The van der Waals surface area contributed by atoms with Crippen molar-refractivity contribution < 1.29 is 24.0 Å². The highest BCUT2D eigenvalue weighted by Crippen LogP contribution is 2.25. The van der Waals surface area contributed by atoms with Crippen molar-refractivity contribution in [3.63, 3.8) is 0 Å². The number of nitro benzene ring substituents is 1. The zero-order valence-electron chi connectivity index (χ0n) is 11.6. The van der Waals surface area contributed by atoms with Crippen molar-refractivity contribution in [2.75, 3.05) is 13.6 Å². The number of aryl methyl sites for hydroxylation is 1. The zero-order valence-corrected chi connectivity index (χ0v) is 11.6. The van der Waals surface area contributed by atoms with E-state index in [-0.39, 0.29) is 30.5 Å². The highest BCUT2D eigenvalue weighted by molar-refractivity contribution is 5.98. The number of amides is 1. The molecule has 0 fully saturated rings. The average molecular weight is 298 g/mol. The first kappa shape index (κ1) is 16.5. The van der Waals surface area contributed by atoms with Crippen LogP contribution in [0.2, 0.25) is 0 Å². The lowest BCUT2D eigenvalue weighted by Crippen LogP contribution is -2.29. The minimum Gasteiger partial charge on any atom is -0.481 e. The highest BCUT2D eigenvalue weighted by atomic mass is 19.1. The van der Waals surface area contributed by atoms with Crippen molar-refractivity contribution in [1.82, 2.24) is 4.90 Å². The number of nitro groups is 1. The van der Waals surface area contributed by atoms with E-state index in [2.05, 4.69) is 0 Å². The van der Waals surface area contributed by atoms with E-state index in [4.69, 9.17) is 5.11 Å². The predicted molar refractivity (Wildman–Crippen MR) is 71.6 cm³/mol. The highest BCUT2D eigenvalue weighted by Gasteiger charge is 2.26. The van der Waals surface area contributed by atoms with E-state index >= 15 is 0 Å². The van der Waals surface area contributed by atoms with Crippen LogP contribution in [0.5, 0.6) is 0 Å². The molecule has 1 aromatic carbocycles. The van der Waals surface area contributed by atoms with Crippen LogP contribution in [0.3, 0.4) is 0 Å². The fraction of sp³-hybridized carbons (Fsp3) is 0.385. The Labute approximate surface area is 120 Å². The predicted octanol–water partition coefficient (Wildman–Crippen LogP) is 1.98. The van der Waals surface area contributed by atoms with Crippen LogP contribution in [0.25, 0.3) is 0 Å². The van der Waals surface area contributed by atoms with Crippen LogP contribution >= 0.6 is 0 Å². The summed E-state index contributed by atoms with van der Waals surface area (Å²) in [6.07, 6.45) is 0.0849. The lowest BCUT2D eigenvalue weighted by molar-refractivity contribution is -0.385. The summed E-state index contributed by atoms with van der Waals surface area (Å²) in [5, 5.41) is 19.5. The van der Waals surface area contributed by atoms with E-state index in [9.17, 15) is 24.1 Å². The third-order valence-corrected chi connectivity index (χ3v) is 2.91. The Kier molecular flexibility index (Phi) is 5.34. The third kappa shape index (κ3) is 4.23. The molecule has 1 rings (SSSR count). The van der Waals surface area contributed by atoms with Gasteiger partial charge in [0.05, 0.1) is 4.92 Å². The van der Waals surface area contributed by atoms with Gasteiger partial charge in [-0.2, -0.15) is 0 Å². The van der Waals surface area contributed by atoms with E-state index in [1.54, 1.807) is 0 Å². The molecule has 0 heterocycles. The van der Waals surface area contributed by atoms with E-state index in [1.807, 2.05) is 0 Å². The number of rotatable bonds is 6. The fourth-order valence-electron chi connectivity index (χ4n) is 1.92. The summed E-state index contributed by atoms with van der Waals surface area (Å²) in [6, 6.07) is 1.81. The summed E-state index contributed by atoms with van der Waals surface area (Å²) in [4.78, 5) is 34.0. The first-order valence-corrected chi connectivity index (χ1v) is 6.15. The van der Waals surface area contributed by atoms with Crippen molar-refractivity contribution in [1.29, 1.82) is 0 Å². The van der Waals surface area contributed by atoms with Gasteiger partial charge in [0.1, 0.15) is 11.4 Å². The Morgan fingerprint density at radius 3 is 2.57 bits per heavy atom. The monoisotopic (exact) mass is 298 g/mol. The first-order chi connectivity index (χ1) is 9.73. The number of carboxylic acid groups (broad SMARTS) is 1.